The number of rotatable bonds is 2. The van der Waals surface area contributed by atoms with E-state index in [0.717, 1.165) is 18.4 Å². The fourth-order valence-electron chi connectivity index (χ4n) is 3.34. The van der Waals surface area contributed by atoms with Crippen LogP contribution in [0.2, 0.25) is 0 Å². The number of carbonyl (C=O) groups is 1. The van der Waals surface area contributed by atoms with E-state index in [4.69, 9.17) is 0 Å². The van der Waals surface area contributed by atoms with E-state index in [2.05, 4.69) is 13.8 Å². The molecule has 3 unspecified atom stereocenters. The first-order valence-electron chi connectivity index (χ1n) is 7.77. The van der Waals surface area contributed by atoms with Gasteiger partial charge in [-0.1, -0.05) is 38.2 Å². The lowest BCUT2D eigenvalue weighted by Crippen LogP contribution is -2.35. The van der Waals surface area contributed by atoms with Crippen LogP contribution in [0.1, 0.15) is 33.6 Å². The number of hydrogen-bond acceptors (Lipinski definition) is 2. The van der Waals surface area contributed by atoms with E-state index < -0.39 is 11.5 Å². The minimum absolute atomic E-state index is 0.0600. The molecule has 3 heteroatoms. The zero-order valence-electron chi connectivity index (χ0n) is 13.8. The molecule has 1 N–H and O–H groups in total. The molecule has 0 aromatic carbocycles. The zero-order valence-corrected chi connectivity index (χ0v) is 13.8. The Morgan fingerprint density at radius 3 is 2.52 bits per heavy atom. The highest BCUT2D eigenvalue weighted by Crippen LogP contribution is 2.38. The lowest BCUT2D eigenvalue weighted by Gasteiger charge is -2.32. The molecule has 3 atom stereocenters. The molecule has 0 saturated heterocycles. The van der Waals surface area contributed by atoms with Crippen molar-refractivity contribution in [3.05, 3.63) is 35.5 Å². The summed E-state index contributed by atoms with van der Waals surface area (Å²) in [5.74, 6) is 0.824. The van der Waals surface area contributed by atoms with Gasteiger partial charge in [-0.15, -0.1) is 0 Å². The third-order valence-electron chi connectivity index (χ3n) is 4.81. The lowest BCUT2D eigenvalue weighted by molar-refractivity contribution is -0.133. The third kappa shape index (κ3) is 2.98. The van der Waals surface area contributed by atoms with Gasteiger partial charge in [-0.3, -0.25) is 4.79 Å². The molecule has 1 amide bonds. The Bertz CT molecular complexity index is 513. The van der Waals surface area contributed by atoms with Gasteiger partial charge in [0.1, 0.15) is 0 Å². The second kappa shape index (κ2) is 5.80. The molecule has 0 bridgehead atoms. The summed E-state index contributed by atoms with van der Waals surface area (Å²) in [4.78, 5) is 14.0. The van der Waals surface area contributed by atoms with E-state index >= 15 is 0 Å². The molecular weight excluding hydrogens is 262 g/mol. The van der Waals surface area contributed by atoms with Crippen LogP contribution in [-0.4, -0.2) is 36.1 Å². The van der Waals surface area contributed by atoms with Gasteiger partial charge in [0.15, 0.2) is 0 Å². The Hall–Kier alpha value is -1.35. The zero-order chi connectivity index (χ0) is 15.8. The summed E-state index contributed by atoms with van der Waals surface area (Å²) in [7, 11) is 3.55. The van der Waals surface area contributed by atoms with Gasteiger partial charge in [-0.05, 0) is 42.7 Å². The van der Waals surface area contributed by atoms with Crippen molar-refractivity contribution in [2.75, 3.05) is 14.1 Å². The number of allylic oxidation sites excluding steroid dienone is 2. The first-order chi connectivity index (χ1) is 9.76. The van der Waals surface area contributed by atoms with Crippen molar-refractivity contribution in [2.24, 2.45) is 17.3 Å². The summed E-state index contributed by atoms with van der Waals surface area (Å²) in [5, 5.41) is 10.6. The number of carbonyl (C=O) groups excluding carboxylic acids is 1. The second-order valence-corrected chi connectivity index (χ2v) is 7.02. The first-order valence-corrected chi connectivity index (χ1v) is 7.77. The highest BCUT2D eigenvalue weighted by Gasteiger charge is 2.34. The van der Waals surface area contributed by atoms with Crippen molar-refractivity contribution < 1.29 is 9.90 Å². The molecule has 0 radical (unpaired) electrons. The van der Waals surface area contributed by atoms with Crippen LogP contribution in [-0.2, 0) is 4.79 Å². The average Bonchev–Trinajstić information content (AvgIpc) is 2.59. The normalized spacial score (nSPS) is 32.1. The maximum atomic E-state index is 12.4. The van der Waals surface area contributed by atoms with E-state index in [-0.39, 0.29) is 5.91 Å². The second-order valence-electron chi connectivity index (χ2n) is 7.02. The summed E-state index contributed by atoms with van der Waals surface area (Å²) in [6.07, 6.45) is 9.46. The van der Waals surface area contributed by atoms with Crippen molar-refractivity contribution in [2.45, 2.75) is 39.7 Å². The fourth-order valence-corrected chi connectivity index (χ4v) is 3.34. The van der Waals surface area contributed by atoms with Gasteiger partial charge in [0.05, 0.1) is 11.5 Å². The van der Waals surface area contributed by atoms with Gasteiger partial charge in [-0.25, -0.2) is 0 Å². The van der Waals surface area contributed by atoms with Gasteiger partial charge in [-0.2, -0.15) is 0 Å². The predicted octanol–water partition coefficient (Wildman–Crippen LogP) is 2.93. The van der Waals surface area contributed by atoms with Gasteiger partial charge in [0, 0.05) is 14.1 Å². The van der Waals surface area contributed by atoms with E-state index in [9.17, 15) is 9.90 Å². The number of aliphatic hydroxyl groups excluding tert-OH is 1. The van der Waals surface area contributed by atoms with E-state index in [0.29, 0.717) is 11.8 Å². The molecule has 2 aliphatic rings. The molecule has 0 spiro atoms. The topological polar surface area (TPSA) is 40.5 Å². The molecule has 0 saturated carbocycles. The van der Waals surface area contributed by atoms with Crippen molar-refractivity contribution in [1.29, 1.82) is 0 Å². The summed E-state index contributed by atoms with van der Waals surface area (Å²) in [6, 6.07) is 0. The monoisotopic (exact) mass is 289 g/mol. The van der Waals surface area contributed by atoms with E-state index in [1.54, 1.807) is 19.0 Å². The van der Waals surface area contributed by atoms with Crippen LogP contribution in [0.25, 0.3) is 0 Å². The van der Waals surface area contributed by atoms with Crippen molar-refractivity contribution in [3.8, 4) is 0 Å². The number of nitrogens with zero attached hydrogens (tertiary/aromatic N) is 1. The Balaban J connectivity index is 2.33. The van der Waals surface area contributed by atoms with E-state index in [1.165, 1.54) is 5.57 Å². The Kier molecular flexibility index (Phi) is 4.43. The Morgan fingerprint density at radius 2 is 1.95 bits per heavy atom. The lowest BCUT2D eigenvalue weighted by atomic mass is 9.76. The van der Waals surface area contributed by atoms with Crippen LogP contribution < -0.4 is 0 Å². The molecule has 2 rings (SSSR count). The van der Waals surface area contributed by atoms with Gasteiger partial charge in [0.2, 0.25) is 5.91 Å². The molecule has 3 nitrogen and oxygen atoms in total. The Morgan fingerprint density at radius 1 is 1.33 bits per heavy atom. The maximum absolute atomic E-state index is 12.4. The van der Waals surface area contributed by atoms with Gasteiger partial charge >= 0.3 is 0 Å². The first kappa shape index (κ1) is 16.0. The smallest absolute Gasteiger partial charge is 0.235 e. The van der Waals surface area contributed by atoms with Crippen LogP contribution in [0.4, 0.5) is 0 Å². The molecule has 0 aromatic heterocycles. The molecular formula is C18H27NO2. The maximum Gasteiger partial charge on any atom is 0.235 e. The van der Waals surface area contributed by atoms with Crippen LogP contribution >= 0.6 is 0 Å². The largest absolute Gasteiger partial charge is 0.388 e. The fraction of sp³-hybridized carbons (Fsp3) is 0.611. The minimum Gasteiger partial charge on any atom is -0.388 e. The highest BCUT2D eigenvalue weighted by molar-refractivity contribution is 5.86. The summed E-state index contributed by atoms with van der Waals surface area (Å²) >= 11 is 0. The molecule has 0 fully saturated rings. The highest BCUT2D eigenvalue weighted by atomic mass is 16.3. The Labute approximate surface area is 128 Å². The molecule has 116 valence electrons. The van der Waals surface area contributed by atoms with Crippen LogP contribution in [0.3, 0.4) is 0 Å². The molecule has 0 aromatic rings. The van der Waals surface area contributed by atoms with Crippen molar-refractivity contribution in [3.63, 3.8) is 0 Å². The third-order valence-corrected chi connectivity index (χ3v) is 4.81. The van der Waals surface area contributed by atoms with Crippen molar-refractivity contribution >= 4 is 5.91 Å². The van der Waals surface area contributed by atoms with E-state index in [1.807, 2.05) is 31.2 Å². The molecule has 21 heavy (non-hydrogen) atoms. The number of hydrogen-bond donors (Lipinski definition) is 1. The van der Waals surface area contributed by atoms with Crippen LogP contribution in [0.5, 0.6) is 0 Å². The predicted molar refractivity (Wildman–Crippen MR) is 85.7 cm³/mol. The quantitative estimate of drug-likeness (QED) is 0.849. The standard InChI is InChI=1S/C18H27NO2/c1-12(2)14-7-6-13-8-10-18(3,17(21)19(4)5)11-9-15(13)16(14)20/h8-12,14,16,20H,6-7H2,1-5H3. The van der Waals surface area contributed by atoms with Gasteiger partial charge in [0.25, 0.3) is 0 Å². The summed E-state index contributed by atoms with van der Waals surface area (Å²) in [6.45, 7) is 6.25. The van der Waals surface area contributed by atoms with Crippen molar-refractivity contribution in [1.82, 2.24) is 4.90 Å². The SMILES string of the molecule is CC(C)C1CCC2=C(C=CC(C)(C(=O)N(C)C)C=C2)C1O. The molecule has 0 heterocycles. The number of aliphatic hydroxyl groups is 1. The average molecular weight is 289 g/mol. The molecule has 0 aliphatic heterocycles. The molecule has 2 aliphatic carbocycles. The summed E-state index contributed by atoms with van der Waals surface area (Å²) in [5.41, 5.74) is 1.53. The van der Waals surface area contributed by atoms with Crippen LogP contribution in [0, 0.1) is 17.3 Å². The van der Waals surface area contributed by atoms with Crippen LogP contribution in [0.15, 0.2) is 35.5 Å². The summed E-state index contributed by atoms with van der Waals surface area (Å²) < 4.78 is 0. The van der Waals surface area contributed by atoms with Gasteiger partial charge < -0.3 is 10.0 Å². The number of amides is 1. The minimum atomic E-state index is -0.631.